The van der Waals surface area contributed by atoms with Crippen LogP contribution in [0.2, 0.25) is 0 Å². The van der Waals surface area contributed by atoms with Crippen LogP contribution in [0.25, 0.3) is 10.9 Å². The van der Waals surface area contributed by atoms with E-state index in [4.69, 9.17) is 13.0 Å². The molecule has 0 fully saturated rings. The van der Waals surface area contributed by atoms with Gasteiger partial charge in [-0.1, -0.05) is 0 Å². The van der Waals surface area contributed by atoms with Crippen molar-refractivity contribution in [1.82, 2.24) is 0 Å². The van der Waals surface area contributed by atoms with Gasteiger partial charge < -0.3 is 4.55 Å². The van der Waals surface area contributed by atoms with Crippen LogP contribution in [0.1, 0.15) is 0 Å². The van der Waals surface area contributed by atoms with Gasteiger partial charge in [-0.2, -0.15) is 0 Å². The lowest BCUT2D eigenvalue weighted by Crippen LogP contribution is -2.01. The molecule has 0 aliphatic carbocycles. The van der Waals surface area contributed by atoms with Gasteiger partial charge in [0.15, 0.2) is 6.20 Å². The number of nitrogens with one attached hydrogen (secondary N) is 1. The number of fused-ring (bicyclic) bond motifs is 1. The number of H-pyrrole nitrogens is 1. The fourth-order valence-electron chi connectivity index (χ4n) is 1.22. The van der Waals surface area contributed by atoms with Gasteiger partial charge in [0, 0.05) is 23.8 Å². The van der Waals surface area contributed by atoms with E-state index < -0.39 is 15.0 Å². The van der Waals surface area contributed by atoms with E-state index in [1.165, 1.54) is 12.1 Å². The molecule has 1 aromatic carbocycles. The summed E-state index contributed by atoms with van der Waals surface area (Å²) in [4.78, 5) is 13.0. The lowest BCUT2D eigenvalue weighted by atomic mass is 10.2. The largest absolute Gasteiger partial charge is 0.748 e. The summed E-state index contributed by atoms with van der Waals surface area (Å²) < 4.78 is 27.2. The van der Waals surface area contributed by atoms with Crippen LogP contribution in [0.15, 0.2) is 36.5 Å². The van der Waals surface area contributed by atoms with Crippen LogP contribution in [-0.4, -0.2) is 24.1 Å². The Bertz CT molecular complexity index is 661. The zero-order valence-electron chi connectivity index (χ0n) is 9.36. The number of nitro groups is 1. The summed E-state index contributed by atoms with van der Waals surface area (Å²) in [7, 11) is -3.92. The first-order valence-corrected chi connectivity index (χ1v) is 6.55. The maximum Gasteiger partial charge on any atom is 0.276 e. The van der Waals surface area contributed by atoms with Crippen molar-refractivity contribution in [2.75, 3.05) is 6.26 Å². The number of nitrogens with zero attached hydrogens (tertiary/aromatic N) is 1. The molecular formula is C10H10N2O5S. The molecule has 0 aliphatic heterocycles. The highest BCUT2D eigenvalue weighted by Crippen LogP contribution is 2.16. The maximum atomic E-state index is 10.4. The topological polar surface area (TPSA) is 114 Å². The van der Waals surface area contributed by atoms with Gasteiger partial charge in [0.1, 0.15) is 0 Å². The van der Waals surface area contributed by atoms with Gasteiger partial charge in [-0.3, -0.25) is 10.1 Å². The molecule has 0 amide bonds. The third-order valence-corrected chi connectivity index (χ3v) is 1.86. The molecular weight excluding hydrogens is 260 g/mol. The molecule has 0 atom stereocenters. The Labute approximate surface area is 103 Å². The highest BCUT2D eigenvalue weighted by Gasteiger charge is 2.08. The molecule has 8 heteroatoms. The number of aromatic amines is 1. The van der Waals surface area contributed by atoms with Crippen LogP contribution in [0.3, 0.4) is 0 Å². The molecule has 1 aromatic heterocycles. The fourth-order valence-corrected chi connectivity index (χ4v) is 1.22. The maximum absolute atomic E-state index is 10.4. The molecule has 18 heavy (non-hydrogen) atoms. The molecule has 2 aromatic rings. The summed E-state index contributed by atoms with van der Waals surface area (Å²) in [5.41, 5.74) is 0.881. The number of benzene rings is 1. The minimum atomic E-state index is -3.92. The molecule has 2 rings (SSSR count). The lowest BCUT2D eigenvalue weighted by molar-refractivity contribution is -0.386. The fraction of sp³-hybridized carbons (Fsp3) is 0.100. The summed E-state index contributed by atoms with van der Waals surface area (Å²) in [5, 5.41) is 11.4. The Hall–Kier alpha value is -2.06. The van der Waals surface area contributed by atoms with Gasteiger partial charge in [0.25, 0.3) is 5.69 Å². The Kier molecular flexibility index (Phi) is 4.29. The molecule has 7 nitrogen and oxygen atoms in total. The number of non-ortho nitro benzene ring substituents is 1. The quantitative estimate of drug-likeness (QED) is 0.430. The van der Waals surface area contributed by atoms with E-state index in [1.54, 1.807) is 12.3 Å². The standard InChI is InChI=1S/C9H6N2O2.CH4O3S/c12-11(13)8-4-3-7-2-1-5-10-9(7)6-8;1-5(2,3)4/h1-6H;1H3,(H,2,3,4). The Balaban J connectivity index is 0.000000280. The Morgan fingerprint density at radius 2 is 1.89 bits per heavy atom. The van der Waals surface area contributed by atoms with E-state index in [9.17, 15) is 10.1 Å². The van der Waals surface area contributed by atoms with Crippen LogP contribution < -0.4 is 4.98 Å². The van der Waals surface area contributed by atoms with Gasteiger partial charge in [-0.25, -0.2) is 13.4 Å². The van der Waals surface area contributed by atoms with Gasteiger partial charge in [-0.05, 0) is 12.1 Å². The van der Waals surface area contributed by atoms with E-state index in [0.717, 1.165) is 10.9 Å². The van der Waals surface area contributed by atoms with Crippen molar-refractivity contribution in [2.45, 2.75) is 0 Å². The van der Waals surface area contributed by atoms with Crippen LogP contribution in [0, 0.1) is 10.1 Å². The zero-order valence-corrected chi connectivity index (χ0v) is 10.2. The third kappa shape index (κ3) is 4.85. The van der Waals surface area contributed by atoms with Gasteiger partial charge in [-0.15, -0.1) is 0 Å². The SMILES string of the molecule is CS(=O)(=O)[O-].O=[N+]([O-])c1ccc2ccc[nH+]c2c1. The Morgan fingerprint density at radius 3 is 2.44 bits per heavy atom. The minimum absolute atomic E-state index is 0.106. The number of hydrogen-bond acceptors (Lipinski definition) is 5. The van der Waals surface area contributed by atoms with Crippen molar-refractivity contribution in [3.63, 3.8) is 0 Å². The molecule has 0 saturated heterocycles. The second-order valence-electron chi connectivity index (χ2n) is 3.40. The molecule has 0 radical (unpaired) electrons. The van der Waals surface area contributed by atoms with Crippen molar-refractivity contribution in [3.8, 4) is 0 Å². The van der Waals surface area contributed by atoms with Crippen molar-refractivity contribution in [2.24, 2.45) is 0 Å². The van der Waals surface area contributed by atoms with Crippen LogP contribution in [0.4, 0.5) is 5.69 Å². The number of aromatic nitrogens is 1. The molecule has 0 saturated carbocycles. The average molecular weight is 270 g/mol. The van der Waals surface area contributed by atoms with Crippen molar-refractivity contribution < 1.29 is 22.9 Å². The summed E-state index contributed by atoms with van der Waals surface area (Å²) in [6.45, 7) is 0. The molecule has 0 bridgehead atoms. The van der Waals surface area contributed by atoms with E-state index in [-0.39, 0.29) is 5.69 Å². The van der Waals surface area contributed by atoms with Crippen molar-refractivity contribution >= 4 is 26.7 Å². The first-order valence-electron chi connectivity index (χ1n) is 4.73. The Morgan fingerprint density at radius 1 is 1.28 bits per heavy atom. The van der Waals surface area contributed by atoms with Gasteiger partial charge in [0.2, 0.25) is 5.52 Å². The van der Waals surface area contributed by atoms with Crippen molar-refractivity contribution in [3.05, 3.63) is 46.6 Å². The van der Waals surface area contributed by atoms with E-state index in [1.807, 2.05) is 12.1 Å². The minimum Gasteiger partial charge on any atom is -0.748 e. The zero-order chi connectivity index (χ0) is 13.8. The van der Waals surface area contributed by atoms with E-state index in [0.29, 0.717) is 6.26 Å². The molecule has 0 unspecified atom stereocenters. The smallest absolute Gasteiger partial charge is 0.276 e. The van der Waals surface area contributed by atoms with Gasteiger partial charge >= 0.3 is 0 Å². The molecule has 1 N–H and O–H groups in total. The summed E-state index contributed by atoms with van der Waals surface area (Å²) in [6.07, 6.45) is 2.35. The monoisotopic (exact) mass is 270 g/mol. The van der Waals surface area contributed by atoms with Gasteiger partial charge in [0.05, 0.1) is 21.1 Å². The summed E-state index contributed by atoms with van der Waals surface area (Å²) in [5.74, 6) is 0. The number of pyridine rings is 1. The molecule has 96 valence electrons. The molecule has 0 spiro atoms. The number of rotatable bonds is 1. The van der Waals surface area contributed by atoms with E-state index >= 15 is 0 Å². The molecule has 0 aliphatic rings. The van der Waals surface area contributed by atoms with Crippen LogP contribution in [0.5, 0.6) is 0 Å². The second kappa shape index (κ2) is 5.52. The normalized spacial score (nSPS) is 10.6. The van der Waals surface area contributed by atoms with Crippen LogP contribution in [-0.2, 0) is 10.1 Å². The number of hydrogen-bond donors (Lipinski definition) is 0. The predicted molar refractivity (Wildman–Crippen MR) is 62.8 cm³/mol. The average Bonchev–Trinajstić information content (AvgIpc) is 2.26. The first kappa shape index (κ1) is 14.0. The second-order valence-corrected chi connectivity index (χ2v) is 4.81. The number of nitro benzene ring substituents is 1. The van der Waals surface area contributed by atoms with Crippen molar-refractivity contribution in [1.29, 1.82) is 0 Å². The highest BCUT2D eigenvalue weighted by atomic mass is 32.2. The molecule has 1 heterocycles. The van der Waals surface area contributed by atoms with E-state index in [2.05, 4.69) is 4.98 Å². The lowest BCUT2D eigenvalue weighted by Gasteiger charge is -1.91. The van der Waals surface area contributed by atoms with Crippen LogP contribution >= 0.6 is 0 Å². The summed E-state index contributed by atoms with van der Waals surface area (Å²) >= 11 is 0. The highest BCUT2D eigenvalue weighted by molar-refractivity contribution is 7.84. The third-order valence-electron chi connectivity index (χ3n) is 1.86. The summed E-state index contributed by atoms with van der Waals surface area (Å²) in [6, 6.07) is 8.50. The predicted octanol–water partition coefficient (Wildman–Crippen LogP) is 0.724. The first-order chi connectivity index (χ1) is 8.27.